The van der Waals surface area contributed by atoms with Gasteiger partial charge in [-0.3, -0.25) is 4.79 Å². The van der Waals surface area contributed by atoms with Crippen LogP contribution in [-0.4, -0.2) is 31.3 Å². The molecule has 1 heterocycles. The summed E-state index contributed by atoms with van der Waals surface area (Å²) in [5.74, 6) is 0.288. The quantitative estimate of drug-likeness (QED) is 0.621. The molecule has 2 N–H and O–H groups in total. The normalized spacial score (nSPS) is 17.0. The van der Waals surface area contributed by atoms with Crippen LogP contribution < -0.4 is 10.3 Å². The Bertz CT molecular complexity index is 476. The Morgan fingerprint density at radius 2 is 1.86 bits per heavy atom. The number of rotatable bonds is 5. The Hall–Kier alpha value is -1.68. The highest BCUT2D eigenvalue weighted by Crippen LogP contribution is 2.08. The first kappa shape index (κ1) is 15.7. The molecular formula is C17H26N3O+. The lowest BCUT2D eigenvalue weighted by molar-refractivity contribution is -0.896. The fourth-order valence-electron chi connectivity index (χ4n) is 2.75. The van der Waals surface area contributed by atoms with Gasteiger partial charge in [0.25, 0.3) is 5.91 Å². The molecule has 1 aromatic carbocycles. The molecule has 1 aliphatic rings. The molecule has 0 aliphatic carbocycles. The molecule has 0 radical (unpaired) electrons. The number of amides is 1. The number of nitrogens with zero attached hydrogens (tertiary/aromatic N) is 1. The molecule has 21 heavy (non-hydrogen) atoms. The molecular weight excluding hydrogens is 262 g/mol. The van der Waals surface area contributed by atoms with Crippen molar-refractivity contribution in [1.29, 1.82) is 0 Å². The first-order valence-electron chi connectivity index (χ1n) is 7.92. The lowest BCUT2D eigenvalue weighted by Gasteiger charge is -2.22. The molecule has 0 bridgehead atoms. The summed E-state index contributed by atoms with van der Waals surface area (Å²) in [6.45, 7) is 6.92. The van der Waals surface area contributed by atoms with Crippen LogP contribution in [0.4, 0.5) is 0 Å². The van der Waals surface area contributed by atoms with Crippen LogP contribution in [0.25, 0.3) is 0 Å². The minimum Gasteiger partial charge on any atom is -0.327 e. The highest BCUT2D eigenvalue weighted by atomic mass is 16.2. The molecule has 1 saturated heterocycles. The summed E-state index contributed by atoms with van der Waals surface area (Å²) >= 11 is 0. The van der Waals surface area contributed by atoms with Crippen molar-refractivity contribution in [2.45, 2.75) is 33.1 Å². The van der Waals surface area contributed by atoms with Crippen molar-refractivity contribution < 1.29 is 9.69 Å². The molecule has 1 amide bonds. The Balaban J connectivity index is 1.94. The second-order valence-electron chi connectivity index (χ2n) is 6.04. The van der Waals surface area contributed by atoms with Crippen molar-refractivity contribution in [2.24, 2.45) is 11.0 Å². The molecule has 4 heteroatoms. The monoisotopic (exact) mass is 288 g/mol. The smallest absolute Gasteiger partial charge is 0.295 e. The van der Waals surface area contributed by atoms with Crippen molar-refractivity contribution >= 4 is 11.6 Å². The van der Waals surface area contributed by atoms with Crippen LogP contribution >= 0.6 is 0 Å². The standard InChI is InChI=1S/C17H25N3O/c1-14(2)17(15-9-5-3-6-10-15)19-18-16(21)13-20-11-7-4-8-12-20/h3,5-6,9-10,14H,4,7-8,11-13H2,1-2H3,(H,18,21)/p+1. The maximum absolute atomic E-state index is 12.0. The summed E-state index contributed by atoms with van der Waals surface area (Å²) in [4.78, 5) is 13.4. The first-order chi connectivity index (χ1) is 10.2. The average Bonchev–Trinajstić information content (AvgIpc) is 2.49. The van der Waals surface area contributed by atoms with Gasteiger partial charge in [-0.1, -0.05) is 44.2 Å². The van der Waals surface area contributed by atoms with Gasteiger partial charge in [0.15, 0.2) is 6.54 Å². The van der Waals surface area contributed by atoms with E-state index < -0.39 is 0 Å². The number of carbonyl (C=O) groups is 1. The van der Waals surface area contributed by atoms with E-state index in [9.17, 15) is 4.79 Å². The molecule has 1 aliphatic heterocycles. The van der Waals surface area contributed by atoms with E-state index in [1.54, 1.807) is 0 Å². The number of nitrogens with one attached hydrogen (secondary N) is 2. The average molecular weight is 288 g/mol. The van der Waals surface area contributed by atoms with Crippen molar-refractivity contribution in [3.8, 4) is 0 Å². The SMILES string of the molecule is CC(C)C(=NNC(=O)C[NH+]1CCCCC1)c1ccccc1. The number of hydrogen-bond donors (Lipinski definition) is 2. The first-order valence-corrected chi connectivity index (χ1v) is 7.92. The lowest BCUT2D eigenvalue weighted by Crippen LogP contribution is -3.13. The molecule has 4 nitrogen and oxygen atoms in total. The Kier molecular flexibility index (Phi) is 5.93. The second-order valence-corrected chi connectivity index (χ2v) is 6.04. The second kappa shape index (κ2) is 7.93. The highest BCUT2D eigenvalue weighted by molar-refractivity contribution is 6.02. The Morgan fingerprint density at radius 1 is 1.19 bits per heavy atom. The van der Waals surface area contributed by atoms with Crippen molar-refractivity contribution in [3.63, 3.8) is 0 Å². The van der Waals surface area contributed by atoms with Gasteiger partial charge in [0, 0.05) is 0 Å². The number of hydrazone groups is 1. The Morgan fingerprint density at radius 3 is 2.48 bits per heavy atom. The zero-order valence-corrected chi connectivity index (χ0v) is 13.1. The van der Waals surface area contributed by atoms with Gasteiger partial charge in [-0.2, -0.15) is 5.10 Å². The van der Waals surface area contributed by atoms with E-state index in [4.69, 9.17) is 0 Å². The van der Waals surface area contributed by atoms with Crippen LogP contribution in [0.1, 0.15) is 38.7 Å². The van der Waals surface area contributed by atoms with E-state index in [1.807, 2.05) is 30.3 Å². The fraction of sp³-hybridized carbons (Fsp3) is 0.529. The number of hydrogen-bond acceptors (Lipinski definition) is 2. The highest BCUT2D eigenvalue weighted by Gasteiger charge is 2.17. The molecule has 2 rings (SSSR count). The summed E-state index contributed by atoms with van der Waals surface area (Å²) in [5, 5.41) is 4.36. The van der Waals surface area contributed by atoms with Crippen LogP contribution in [0.2, 0.25) is 0 Å². The molecule has 0 spiro atoms. The zero-order valence-electron chi connectivity index (χ0n) is 13.1. The topological polar surface area (TPSA) is 45.9 Å². The third-order valence-electron chi connectivity index (χ3n) is 3.89. The van der Waals surface area contributed by atoms with E-state index in [0.29, 0.717) is 6.54 Å². The summed E-state index contributed by atoms with van der Waals surface area (Å²) in [6.07, 6.45) is 3.76. The van der Waals surface area contributed by atoms with Crippen LogP contribution in [-0.2, 0) is 4.79 Å². The predicted molar refractivity (Wildman–Crippen MR) is 85.4 cm³/mol. The van der Waals surface area contributed by atoms with Gasteiger partial charge in [-0.25, -0.2) is 5.43 Å². The van der Waals surface area contributed by atoms with Crippen molar-refractivity contribution in [2.75, 3.05) is 19.6 Å². The fourth-order valence-corrected chi connectivity index (χ4v) is 2.75. The lowest BCUT2D eigenvalue weighted by atomic mass is 10.0. The largest absolute Gasteiger partial charge is 0.327 e. The summed E-state index contributed by atoms with van der Waals surface area (Å²) in [6, 6.07) is 10.0. The number of likely N-dealkylation sites (tertiary alicyclic amines) is 1. The van der Waals surface area contributed by atoms with Crippen molar-refractivity contribution in [1.82, 2.24) is 5.43 Å². The molecule has 0 atom stereocenters. The molecule has 0 aromatic heterocycles. The van der Waals surface area contributed by atoms with Crippen LogP contribution in [0, 0.1) is 5.92 Å². The van der Waals surface area contributed by atoms with Gasteiger partial charge in [0.05, 0.1) is 18.8 Å². The maximum atomic E-state index is 12.0. The molecule has 1 aromatic rings. The number of carbonyl (C=O) groups excluding carboxylic acids is 1. The number of piperidine rings is 1. The summed E-state index contributed by atoms with van der Waals surface area (Å²) in [5.41, 5.74) is 4.73. The number of quaternary nitrogens is 1. The number of benzene rings is 1. The minimum atomic E-state index is 0.0148. The molecule has 1 fully saturated rings. The van der Waals surface area contributed by atoms with E-state index in [0.717, 1.165) is 24.4 Å². The molecule has 0 saturated carbocycles. The van der Waals surface area contributed by atoms with Gasteiger partial charge >= 0.3 is 0 Å². The van der Waals surface area contributed by atoms with E-state index >= 15 is 0 Å². The third kappa shape index (κ3) is 4.97. The van der Waals surface area contributed by atoms with E-state index in [-0.39, 0.29) is 11.8 Å². The van der Waals surface area contributed by atoms with Crippen LogP contribution in [0.15, 0.2) is 35.4 Å². The van der Waals surface area contributed by atoms with Crippen LogP contribution in [0.3, 0.4) is 0 Å². The predicted octanol–water partition coefficient (Wildman–Crippen LogP) is 1.23. The van der Waals surface area contributed by atoms with Gasteiger partial charge < -0.3 is 4.90 Å². The van der Waals surface area contributed by atoms with Gasteiger partial charge in [-0.15, -0.1) is 0 Å². The summed E-state index contributed by atoms with van der Waals surface area (Å²) in [7, 11) is 0. The van der Waals surface area contributed by atoms with Gasteiger partial charge in [0.1, 0.15) is 0 Å². The van der Waals surface area contributed by atoms with E-state index in [2.05, 4.69) is 24.4 Å². The van der Waals surface area contributed by atoms with Crippen LogP contribution in [0.5, 0.6) is 0 Å². The van der Waals surface area contributed by atoms with Crippen molar-refractivity contribution in [3.05, 3.63) is 35.9 Å². The molecule has 0 unspecified atom stereocenters. The summed E-state index contributed by atoms with van der Waals surface area (Å²) < 4.78 is 0. The minimum absolute atomic E-state index is 0.0148. The maximum Gasteiger partial charge on any atom is 0.295 e. The molecule has 114 valence electrons. The zero-order chi connectivity index (χ0) is 15.1. The Labute approximate surface area is 127 Å². The van der Waals surface area contributed by atoms with E-state index in [1.165, 1.54) is 24.2 Å². The van der Waals surface area contributed by atoms with Gasteiger partial charge in [-0.05, 0) is 30.7 Å². The van der Waals surface area contributed by atoms with Gasteiger partial charge in [0.2, 0.25) is 0 Å². The third-order valence-corrected chi connectivity index (χ3v) is 3.89.